The van der Waals surface area contributed by atoms with E-state index in [0.29, 0.717) is 0 Å². The average Bonchev–Trinajstić information content (AvgIpc) is 1.65. The molecular formula is C3H6O5S. The Kier molecular flexibility index (Phi) is 8.64. The Bertz CT molecular complexity index is 96.4. The fraction of sp³-hybridized carbons (Fsp3) is 0.333. The molecule has 5 nitrogen and oxygen atoms in total. The molecule has 0 unspecified atom stereocenters. The molecule has 0 aromatic carbocycles. The number of carbonyl (C=O) groups is 2. The molecule has 0 spiro atoms. The molecule has 0 saturated heterocycles. The zero-order chi connectivity index (χ0) is 7.86. The highest BCUT2D eigenvalue weighted by molar-refractivity contribution is 7.81. The summed E-state index contributed by atoms with van der Waals surface area (Å²) in [5, 5.41) is 21.6. The average molecular weight is 154 g/mol. The van der Waals surface area contributed by atoms with E-state index < -0.39 is 12.1 Å². The first kappa shape index (κ1) is 11.0. The molecule has 9 heavy (non-hydrogen) atoms. The number of rotatable bonds is 1. The van der Waals surface area contributed by atoms with Crippen molar-refractivity contribution in [2.24, 2.45) is 0 Å². The van der Waals surface area contributed by atoms with Gasteiger partial charge < -0.3 is 15.3 Å². The van der Waals surface area contributed by atoms with Crippen LogP contribution in [-0.4, -0.2) is 33.2 Å². The minimum absolute atomic E-state index is 0.0833. The standard InChI is InChI=1S/C2H4O2S.CH2O3/c3-2(4)1-5;2-1(3)4/h5H,1H2,(H,3,4);(H2,2,3,4). The molecule has 0 atom stereocenters. The Labute approximate surface area is 56.3 Å². The second-order valence-electron chi connectivity index (χ2n) is 0.834. The van der Waals surface area contributed by atoms with Crippen molar-refractivity contribution < 1.29 is 24.9 Å². The summed E-state index contributed by atoms with van der Waals surface area (Å²) in [6.45, 7) is 0. The summed E-state index contributed by atoms with van der Waals surface area (Å²) in [7, 11) is 0. The first-order valence-electron chi connectivity index (χ1n) is 1.75. The van der Waals surface area contributed by atoms with Gasteiger partial charge in [-0.2, -0.15) is 12.6 Å². The van der Waals surface area contributed by atoms with Crippen LogP contribution >= 0.6 is 12.6 Å². The van der Waals surface area contributed by atoms with Crippen LogP contribution in [0.3, 0.4) is 0 Å². The molecule has 0 fully saturated rings. The molecule has 0 rings (SSSR count). The lowest BCUT2D eigenvalue weighted by molar-refractivity contribution is -0.133. The van der Waals surface area contributed by atoms with Gasteiger partial charge in [0.15, 0.2) is 0 Å². The Hall–Kier alpha value is -0.910. The molecular weight excluding hydrogens is 148 g/mol. The van der Waals surface area contributed by atoms with Crippen molar-refractivity contribution in [3.05, 3.63) is 0 Å². The Balaban J connectivity index is 0. The highest BCUT2D eigenvalue weighted by Gasteiger charge is 1.81. The van der Waals surface area contributed by atoms with E-state index in [0.717, 1.165) is 0 Å². The second-order valence-corrected chi connectivity index (χ2v) is 1.15. The summed E-state index contributed by atoms with van der Waals surface area (Å²) in [5.41, 5.74) is 0. The van der Waals surface area contributed by atoms with Crippen LogP contribution in [0.15, 0.2) is 0 Å². The zero-order valence-electron chi connectivity index (χ0n) is 4.31. The van der Waals surface area contributed by atoms with E-state index >= 15 is 0 Å². The fourth-order valence-corrected chi connectivity index (χ4v) is 0. The summed E-state index contributed by atoms with van der Waals surface area (Å²) >= 11 is 3.42. The van der Waals surface area contributed by atoms with Crippen molar-refractivity contribution in [1.82, 2.24) is 0 Å². The van der Waals surface area contributed by atoms with E-state index in [4.69, 9.17) is 20.1 Å². The molecule has 0 amide bonds. The van der Waals surface area contributed by atoms with Gasteiger partial charge >= 0.3 is 12.1 Å². The van der Waals surface area contributed by atoms with Gasteiger partial charge in [-0.25, -0.2) is 4.79 Å². The highest BCUT2D eigenvalue weighted by Crippen LogP contribution is 1.66. The van der Waals surface area contributed by atoms with Crippen LogP contribution in [0.5, 0.6) is 0 Å². The fourth-order valence-electron chi connectivity index (χ4n) is 0. The molecule has 0 aliphatic carbocycles. The molecule has 3 N–H and O–H groups in total. The van der Waals surface area contributed by atoms with Crippen LogP contribution in [0.4, 0.5) is 4.79 Å². The lowest BCUT2D eigenvalue weighted by Crippen LogP contribution is -1.92. The zero-order valence-corrected chi connectivity index (χ0v) is 5.21. The van der Waals surface area contributed by atoms with Gasteiger partial charge in [-0.1, -0.05) is 0 Å². The van der Waals surface area contributed by atoms with Gasteiger partial charge in [0.05, 0.1) is 5.75 Å². The third kappa shape index (κ3) is 155. The van der Waals surface area contributed by atoms with Gasteiger partial charge in [-0.15, -0.1) is 0 Å². The van der Waals surface area contributed by atoms with Crippen molar-refractivity contribution in [3.8, 4) is 0 Å². The number of thiol groups is 1. The quantitative estimate of drug-likeness (QED) is 0.405. The molecule has 0 aliphatic heterocycles. The molecule has 0 aromatic heterocycles. The summed E-state index contributed by atoms with van der Waals surface area (Å²) in [4.78, 5) is 17.8. The van der Waals surface area contributed by atoms with Gasteiger partial charge in [-0.3, -0.25) is 4.79 Å². The predicted octanol–water partition coefficient (Wildman–Crippen LogP) is 0.223. The van der Waals surface area contributed by atoms with Crippen LogP contribution in [0.1, 0.15) is 0 Å². The van der Waals surface area contributed by atoms with E-state index in [-0.39, 0.29) is 5.75 Å². The van der Waals surface area contributed by atoms with E-state index in [1.807, 2.05) is 0 Å². The number of hydrogen-bond donors (Lipinski definition) is 4. The summed E-state index contributed by atoms with van der Waals surface area (Å²) < 4.78 is 0. The monoisotopic (exact) mass is 154 g/mol. The second kappa shape index (κ2) is 7.09. The lowest BCUT2D eigenvalue weighted by atomic mass is 10.8. The van der Waals surface area contributed by atoms with Crippen molar-refractivity contribution in [2.75, 3.05) is 5.75 Å². The largest absolute Gasteiger partial charge is 0.503 e. The summed E-state index contributed by atoms with van der Waals surface area (Å²) in [6.07, 6.45) is -1.83. The van der Waals surface area contributed by atoms with Gasteiger partial charge in [-0.05, 0) is 0 Å². The van der Waals surface area contributed by atoms with Crippen molar-refractivity contribution in [3.63, 3.8) is 0 Å². The topological polar surface area (TPSA) is 94.8 Å². The molecule has 0 aliphatic rings. The summed E-state index contributed by atoms with van der Waals surface area (Å²) in [5.74, 6) is -0.965. The van der Waals surface area contributed by atoms with Crippen molar-refractivity contribution in [2.45, 2.75) is 0 Å². The minimum atomic E-state index is -1.83. The maximum Gasteiger partial charge on any atom is 0.503 e. The SMILES string of the molecule is O=C(O)CS.O=C(O)O. The van der Waals surface area contributed by atoms with E-state index in [2.05, 4.69) is 12.6 Å². The number of hydrogen-bond acceptors (Lipinski definition) is 3. The lowest BCUT2D eigenvalue weighted by Gasteiger charge is -1.71. The third-order valence-electron chi connectivity index (χ3n) is 0.135. The van der Waals surface area contributed by atoms with Crippen LogP contribution in [0, 0.1) is 0 Å². The molecule has 0 saturated carbocycles. The summed E-state index contributed by atoms with van der Waals surface area (Å²) in [6, 6.07) is 0. The maximum absolute atomic E-state index is 9.29. The number of aliphatic carboxylic acids is 1. The molecule has 6 heteroatoms. The highest BCUT2D eigenvalue weighted by atomic mass is 32.1. The third-order valence-corrected chi connectivity index (χ3v) is 0.406. The van der Waals surface area contributed by atoms with E-state index in [9.17, 15) is 4.79 Å². The first-order chi connectivity index (χ1) is 4.00. The number of carboxylic acids is 1. The normalized spacial score (nSPS) is 6.78. The van der Waals surface area contributed by atoms with Crippen molar-refractivity contribution >= 4 is 24.8 Å². The van der Waals surface area contributed by atoms with Crippen LogP contribution in [0.2, 0.25) is 0 Å². The Morgan fingerprint density at radius 3 is 1.33 bits per heavy atom. The Morgan fingerprint density at radius 1 is 1.22 bits per heavy atom. The van der Waals surface area contributed by atoms with Gasteiger partial charge in [0.1, 0.15) is 0 Å². The van der Waals surface area contributed by atoms with Gasteiger partial charge in [0.25, 0.3) is 0 Å². The van der Waals surface area contributed by atoms with Gasteiger partial charge in [0.2, 0.25) is 0 Å². The molecule has 0 radical (unpaired) electrons. The molecule has 0 heterocycles. The van der Waals surface area contributed by atoms with Gasteiger partial charge in [0, 0.05) is 0 Å². The van der Waals surface area contributed by atoms with Crippen LogP contribution in [0.25, 0.3) is 0 Å². The molecule has 54 valence electrons. The number of carboxylic acid groups (broad SMARTS) is 3. The van der Waals surface area contributed by atoms with Crippen molar-refractivity contribution in [1.29, 1.82) is 0 Å². The van der Waals surface area contributed by atoms with E-state index in [1.54, 1.807) is 0 Å². The minimum Gasteiger partial charge on any atom is -0.481 e. The van der Waals surface area contributed by atoms with Crippen LogP contribution in [-0.2, 0) is 4.79 Å². The van der Waals surface area contributed by atoms with Crippen LogP contribution < -0.4 is 0 Å². The van der Waals surface area contributed by atoms with E-state index in [1.165, 1.54) is 0 Å². The smallest absolute Gasteiger partial charge is 0.481 e. The molecule has 0 bridgehead atoms. The molecule has 0 aromatic rings. The predicted molar refractivity (Wildman–Crippen MR) is 32.1 cm³/mol. The Morgan fingerprint density at radius 2 is 1.33 bits per heavy atom. The maximum atomic E-state index is 9.29. The first-order valence-corrected chi connectivity index (χ1v) is 2.38.